The van der Waals surface area contributed by atoms with Crippen molar-refractivity contribution in [1.82, 2.24) is 4.90 Å². The molecule has 0 saturated carbocycles. The summed E-state index contributed by atoms with van der Waals surface area (Å²) < 4.78 is 9.96. The van der Waals surface area contributed by atoms with Crippen molar-refractivity contribution in [2.24, 2.45) is 0 Å². The highest BCUT2D eigenvalue weighted by Crippen LogP contribution is 2.35. The molecule has 1 aliphatic rings. The van der Waals surface area contributed by atoms with Crippen LogP contribution in [-0.2, 0) is 14.3 Å². The molecule has 7 nitrogen and oxygen atoms in total. The van der Waals surface area contributed by atoms with Gasteiger partial charge in [0.05, 0.1) is 19.1 Å². The maximum Gasteiger partial charge on any atom is 0.325 e. The molecule has 140 valence electrons. The highest BCUT2D eigenvalue weighted by molar-refractivity contribution is 8.18. The van der Waals surface area contributed by atoms with E-state index in [4.69, 9.17) is 4.74 Å². The zero-order chi connectivity index (χ0) is 19.3. The molecule has 1 saturated heterocycles. The molecular weight excluding hydrogens is 356 g/mol. The van der Waals surface area contributed by atoms with Crippen LogP contribution in [0.1, 0.15) is 19.4 Å². The first-order valence-corrected chi connectivity index (χ1v) is 9.01. The van der Waals surface area contributed by atoms with Gasteiger partial charge in [0.1, 0.15) is 12.3 Å². The first-order chi connectivity index (χ1) is 12.4. The van der Waals surface area contributed by atoms with Crippen LogP contribution >= 0.6 is 11.8 Å². The highest BCUT2D eigenvalue weighted by Gasteiger charge is 2.36. The molecule has 1 aromatic carbocycles. The Morgan fingerprint density at radius 3 is 2.50 bits per heavy atom. The maximum absolute atomic E-state index is 12.4. The number of amides is 2. The largest absolute Gasteiger partial charge is 0.496 e. The molecule has 1 aliphatic heterocycles. The zero-order valence-corrected chi connectivity index (χ0v) is 16.1. The molecule has 1 fully saturated rings. The van der Waals surface area contributed by atoms with Gasteiger partial charge in [0.25, 0.3) is 11.1 Å². The molecule has 0 bridgehead atoms. The molecule has 8 heteroatoms. The lowest BCUT2D eigenvalue weighted by Crippen LogP contribution is -2.34. The van der Waals surface area contributed by atoms with Crippen molar-refractivity contribution < 1.29 is 23.9 Å². The lowest BCUT2D eigenvalue weighted by atomic mass is 10.1. The number of benzene rings is 1. The van der Waals surface area contributed by atoms with E-state index in [9.17, 15) is 14.4 Å². The van der Waals surface area contributed by atoms with E-state index in [0.717, 1.165) is 35.4 Å². The van der Waals surface area contributed by atoms with Gasteiger partial charge in [0.15, 0.2) is 0 Å². The Bertz CT molecular complexity index is 743. The average molecular weight is 378 g/mol. The van der Waals surface area contributed by atoms with Crippen molar-refractivity contribution in [3.8, 4) is 5.75 Å². The Morgan fingerprint density at radius 2 is 1.92 bits per heavy atom. The molecule has 0 aliphatic carbocycles. The van der Waals surface area contributed by atoms with Crippen molar-refractivity contribution in [2.45, 2.75) is 13.8 Å². The van der Waals surface area contributed by atoms with Crippen LogP contribution in [0.2, 0.25) is 0 Å². The second-order valence-corrected chi connectivity index (χ2v) is 6.44. The van der Waals surface area contributed by atoms with Crippen LogP contribution in [0.3, 0.4) is 0 Å². The molecule has 2 amide bonds. The number of carbonyl (C=O) groups excluding carboxylic acids is 3. The van der Waals surface area contributed by atoms with E-state index in [1.54, 1.807) is 13.2 Å². The quantitative estimate of drug-likeness (QED) is 0.533. The van der Waals surface area contributed by atoms with Crippen LogP contribution in [0.5, 0.6) is 5.75 Å². The molecule has 0 N–H and O–H groups in total. The van der Waals surface area contributed by atoms with Crippen LogP contribution in [0.4, 0.5) is 10.5 Å². The van der Waals surface area contributed by atoms with Crippen molar-refractivity contribution in [1.29, 1.82) is 0 Å². The summed E-state index contributed by atoms with van der Waals surface area (Å²) in [5, 5.41) is -0.495. The lowest BCUT2D eigenvalue weighted by Gasteiger charge is -2.22. The summed E-state index contributed by atoms with van der Waals surface area (Å²) in [6.45, 7) is 5.48. The van der Waals surface area contributed by atoms with Gasteiger partial charge in [0.2, 0.25) is 0 Å². The van der Waals surface area contributed by atoms with Crippen LogP contribution in [0.25, 0.3) is 6.08 Å². The van der Waals surface area contributed by atoms with Gasteiger partial charge in [0, 0.05) is 30.4 Å². The number of anilines is 1. The molecule has 1 heterocycles. The minimum Gasteiger partial charge on any atom is -0.496 e. The Balaban J connectivity index is 2.30. The van der Waals surface area contributed by atoms with Gasteiger partial charge in [-0.1, -0.05) is 0 Å². The average Bonchev–Trinajstić information content (AvgIpc) is 2.90. The number of imide groups is 1. The van der Waals surface area contributed by atoms with Crippen molar-refractivity contribution in [2.75, 3.05) is 38.8 Å². The molecular formula is C18H22N2O5S. The summed E-state index contributed by atoms with van der Waals surface area (Å²) in [4.78, 5) is 39.0. The van der Waals surface area contributed by atoms with E-state index >= 15 is 0 Å². The zero-order valence-electron chi connectivity index (χ0n) is 15.3. The molecule has 0 radical (unpaired) electrons. The topological polar surface area (TPSA) is 76.2 Å². The molecule has 0 atom stereocenters. The Morgan fingerprint density at radius 1 is 1.23 bits per heavy atom. The van der Waals surface area contributed by atoms with E-state index in [1.807, 2.05) is 18.2 Å². The van der Waals surface area contributed by atoms with Gasteiger partial charge >= 0.3 is 5.97 Å². The predicted octanol–water partition coefficient (Wildman–Crippen LogP) is 2.75. The van der Waals surface area contributed by atoms with E-state index in [-0.39, 0.29) is 4.91 Å². The summed E-state index contributed by atoms with van der Waals surface area (Å²) in [6, 6.07) is 5.69. The second kappa shape index (κ2) is 8.75. The normalized spacial score (nSPS) is 15.5. The summed E-state index contributed by atoms with van der Waals surface area (Å²) in [5.74, 6) is -0.552. The third-order valence-corrected chi connectivity index (χ3v) is 4.93. The number of methoxy groups -OCH3 is 2. The van der Waals surface area contributed by atoms with Crippen molar-refractivity contribution in [3.63, 3.8) is 0 Å². The number of thioether (sulfide) groups is 1. The van der Waals surface area contributed by atoms with Gasteiger partial charge in [-0.3, -0.25) is 19.3 Å². The molecule has 26 heavy (non-hydrogen) atoms. The van der Waals surface area contributed by atoms with E-state index in [1.165, 1.54) is 7.11 Å². The van der Waals surface area contributed by atoms with E-state index in [0.29, 0.717) is 11.3 Å². The minimum absolute atomic E-state index is 0.243. The van der Waals surface area contributed by atoms with Crippen molar-refractivity contribution >= 4 is 40.6 Å². The molecule has 0 unspecified atom stereocenters. The van der Waals surface area contributed by atoms with Gasteiger partial charge in [-0.05, 0) is 43.8 Å². The molecule has 0 aromatic heterocycles. The summed E-state index contributed by atoms with van der Waals surface area (Å²) in [5.41, 5.74) is 1.70. The smallest absolute Gasteiger partial charge is 0.325 e. The Labute approximate surface area is 156 Å². The van der Waals surface area contributed by atoms with E-state index < -0.39 is 23.7 Å². The fourth-order valence-electron chi connectivity index (χ4n) is 2.58. The highest BCUT2D eigenvalue weighted by atomic mass is 32.2. The minimum atomic E-state index is -0.644. The summed E-state index contributed by atoms with van der Waals surface area (Å²) in [7, 11) is 2.77. The second-order valence-electron chi connectivity index (χ2n) is 5.44. The maximum atomic E-state index is 12.4. The van der Waals surface area contributed by atoms with Crippen molar-refractivity contribution in [3.05, 3.63) is 28.7 Å². The first-order valence-electron chi connectivity index (χ1n) is 8.20. The number of esters is 1. The van der Waals surface area contributed by atoms with Gasteiger partial charge < -0.3 is 14.4 Å². The fraction of sp³-hybridized carbons (Fsp3) is 0.389. The predicted molar refractivity (Wildman–Crippen MR) is 101 cm³/mol. The lowest BCUT2D eigenvalue weighted by molar-refractivity contribution is -0.143. The Kier molecular flexibility index (Phi) is 6.68. The van der Waals surface area contributed by atoms with Crippen LogP contribution in [0.15, 0.2) is 23.1 Å². The number of ether oxygens (including phenoxy) is 2. The van der Waals surface area contributed by atoms with E-state index in [2.05, 4.69) is 23.5 Å². The fourth-order valence-corrected chi connectivity index (χ4v) is 3.40. The monoisotopic (exact) mass is 378 g/mol. The number of carbonyl (C=O) groups is 3. The number of hydrogen-bond acceptors (Lipinski definition) is 7. The van der Waals surface area contributed by atoms with Crippen LogP contribution in [0, 0.1) is 0 Å². The number of hydrogen-bond donors (Lipinski definition) is 0. The molecule has 1 aromatic rings. The SMILES string of the molecule is CCN(CC)c1ccc(/C=C2/SC(=O)N(CC(=O)OC)C2=O)c(OC)c1. The third kappa shape index (κ3) is 4.19. The summed E-state index contributed by atoms with van der Waals surface area (Å²) >= 11 is 0.793. The standard InChI is InChI=1S/C18H22N2O5S/c1-5-19(6-2)13-8-7-12(14(10-13)24-3)9-15-17(22)20(18(23)26-15)11-16(21)25-4/h7-10H,5-6,11H2,1-4H3/b15-9+. The van der Waals surface area contributed by atoms with Crippen LogP contribution < -0.4 is 9.64 Å². The first kappa shape index (κ1) is 19.8. The van der Waals surface area contributed by atoms with Gasteiger partial charge in [-0.2, -0.15) is 0 Å². The number of rotatable bonds is 7. The van der Waals surface area contributed by atoms with Crippen LogP contribution in [-0.4, -0.2) is 55.9 Å². The Hall–Kier alpha value is -2.48. The summed E-state index contributed by atoms with van der Waals surface area (Å²) in [6.07, 6.45) is 1.60. The molecule has 2 rings (SSSR count). The van der Waals surface area contributed by atoms with Gasteiger partial charge in [-0.15, -0.1) is 0 Å². The molecule has 0 spiro atoms. The number of nitrogens with zero attached hydrogens (tertiary/aromatic N) is 2. The van der Waals surface area contributed by atoms with Gasteiger partial charge in [-0.25, -0.2) is 0 Å². The third-order valence-electron chi connectivity index (χ3n) is 4.02.